The van der Waals surface area contributed by atoms with Crippen molar-refractivity contribution in [3.05, 3.63) is 35.4 Å². The van der Waals surface area contributed by atoms with Crippen molar-refractivity contribution in [2.75, 3.05) is 10.7 Å². The van der Waals surface area contributed by atoms with E-state index in [0.717, 1.165) is 12.1 Å². The molecule has 2 nitrogen and oxygen atoms in total. The Morgan fingerprint density at radius 1 is 1.29 bits per heavy atom. The molecule has 1 aromatic rings. The largest absolute Gasteiger partial charge is 0.345 e. The second-order valence-corrected chi connectivity index (χ2v) is 5.03. The predicted molar refractivity (Wildman–Crippen MR) is 69.8 cm³/mol. The zero-order valence-electron chi connectivity index (χ0n) is 9.07. The zero-order chi connectivity index (χ0) is 13.1. The molecule has 0 radical (unpaired) electrons. The molecule has 1 amide bonds. The van der Waals surface area contributed by atoms with Crippen molar-refractivity contribution in [3.8, 4) is 0 Å². The lowest BCUT2D eigenvalue weighted by Gasteiger charge is -2.26. The Morgan fingerprint density at radius 3 is 2.35 bits per heavy atom. The highest BCUT2D eigenvalue weighted by Gasteiger charge is 2.24. The van der Waals surface area contributed by atoms with E-state index in [0.29, 0.717) is 10.7 Å². The average Bonchev–Trinajstić information content (AvgIpc) is 2.32. The van der Waals surface area contributed by atoms with Crippen LogP contribution in [0.3, 0.4) is 0 Å². The maximum absolute atomic E-state index is 13.0. The summed E-state index contributed by atoms with van der Waals surface area (Å²) in [5.74, 6) is -2.44. The third-order valence-electron chi connectivity index (χ3n) is 2.19. The second kappa shape index (κ2) is 5.91. The van der Waals surface area contributed by atoms with Crippen molar-refractivity contribution in [3.63, 3.8) is 0 Å². The highest BCUT2D eigenvalue weighted by atomic mass is 79.9. The monoisotopic (exact) mass is 369 g/mol. The van der Waals surface area contributed by atoms with E-state index in [1.165, 1.54) is 6.07 Å². The van der Waals surface area contributed by atoms with E-state index in [-0.39, 0.29) is 5.56 Å². The first-order valence-electron chi connectivity index (χ1n) is 4.81. The molecule has 94 valence electrons. The summed E-state index contributed by atoms with van der Waals surface area (Å²) in [5.41, 5.74) is -0.390. The third kappa shape index (κ3) is 3.74. The van der Waals surface area contributed by atoms with Gasteiger partial charge in [-0.15, -0.1) is 0 Å². The van der Waals surface area contributed by atoms with Gasteiger partial charge in [0.25, 0.3) is 5.91 Å². The lowest BCUT2D eigenvalue weighted by Crippen LogP contribution is -2.49. The topological polar surface area (TPSA) is 29.1 Å². The number of nitrogens with one attached hydrogen (secondary N) is 1. The Bertz CT molecular complexity index is 422. The summed E-state index contributed by atoms with van der Waals surface area (Å²) in [5, 5.41) is 3.82. The fourth-order valence-corrected chi connectivity index (χ4v) is 2.30. The van der Waals surface area contributed by atoms with Crippen LogP contribution in [-0.2, 0) is 0 Å². The molecule has 0 heterocycles. The maximum Gasteiger partial charge on any atom is 0.251 e. The van der Waals surface area contributed by atoms with Crippen LogP contribution in [0.2, 0.25) is 0 Å². The molecule has 17 heavy (non-hydrogen) atoms. The van der Waals surface area contributed by atoms with Crippen molar-refractivity contribution >= 4 is 37.8 Å². The van der Waals surface area contributed by atoms with Gasteiger partial charge in [0.2, 0.25) is 0 Å². The van der Waals surface area contributed by atoms with Gasteiger partial charge in [0.15, 0.2) is 11.6 Å². The molecule has 0 aliphatic rings. The molecule has 0 aliphatic heterocycles. The van der Waals surface area contributed by atoms with Gasteiger partial charge < -0.3 is 5.32 Å². The van der Waals surface area contributed by atoms with E-state index in [1.54, 1.807) is 0 Å². The van der Waals surface area contributed by atoms with Crippen LogP contribution in [-0.4, -0.2) is 22.1 Å². The molecule has 0 aliphatic carbocycles. The minimum Gasteiger partial charge on any atom is -0.345 e. The number of rotatable bonds is 4. The second-order valence-electron chi connectivity index (χ2n) is 3.91. The number of hydrogen-bond donors (Lipinski definition) is 1. The molecule has 1 N–H and O–H groups in total. The van der Waals surface area contributed by atoms with Crippen LogP contribution in [0.4, 0.5) is 8.78 Å². The third-order valence-corrected chi connectivity index (χ3v) is 4.66. The van der Waals surface area contributed by atoms with E-state index < -0.39 is 23.1 Å². The summed E-state index contributed by atoms with van der Waals surface area (Å²) in [7, 11) is 0. The quantitative estimate of drug-likeness (QED) is 0.810. The van der Waals surface area contributed by atoms with Gasteiger partial charge in [0.05, 0.1) is 5.54 Å². The number of alkyl halides is 2. The Morgan fingerprint density at radius 2 is 1.88 bits per heavy atom. The molecular formula is C11H11Br2F2NO. The molecule has 0 unspecified atom stereocenters. The molecule has 6 heteroatoms. The normalized spacial score (nSPS) is 11.4. The minimum atomic E-state index is -1.03. The van der Waals surface area contributed by atoms with Crippen molar-refractivity contribution in [2.24, 2.45) is 0 Å². The molecular weight excluding hydrogens is 360 g/mol. The van der Waals surface area contributed by atoms with Gasteiger partial charge in [-0.2, -0.15) is 0 Å². The molecule has 1 rings (SSSR count). The summed E-state index contributed by atoms with van der Waals surface area (Å²) in [6, 6.07) is 3.06. The van der Waals surface area contributed by atoms with Crippen LogP contribution in [0.5, 0.6) is 0 Å². The van der Waals surface area contributed by atoms with Crippen LogP contribution in [0, 0.1) is 11.6 Å². The molecule has 0 saturated carbocycles. The zero-order valence-corrected chi connectivity index (χ0v) is 12.2. The summed E-state index contributed by atoms with van der Waals surface area (Å²) in [4.78, 5) is 11.8. The first-order chi connectivity index (χ1) is 7.91. The molecule has 1 aromatic carbocycles. The molecule has 0 bridgehead atoms. The highest BCUT2D eigenvalue weighted by Crippen LogP contribution is 2.14. The molecule has 0 fully saturated rings. The Hall–Kier alpha value is -0.490. The smallest absolute Gasteiger partial charge is 0.251 e. The minimum absolute atomic E-state index is 0.0945. The summed E-state index contributed by atoms with van der Waals surface area (Å²) in [6.07, 6.45) is 0. The van der Waals surface area contributed by atoms with Gasteiger partial charge in [-0.25, -0.2) is 8.78 Å². The number of carbonyl (C=O) groups excluding carboxylic acids is 1. The van der Waals surface area contributed by atoms with Crippen molar-refractivity contribution in [1.29, 1.82) is 0 Å². The fourth-order valence-electron chi connectivity index (χ4n) is 1.09. The van der Waals surface area contributed by atoms with E-state index in [1.807, 2.05) is 6.92 Å². The summed E-state index contributed by atoms with van der Waals surface area (Å²) < 4.78 is 25.7. The standard InChI is InChI=1S/C11H11Br2F2NO/c1-11(5-12,6-13)16-10(17)7-2-3-8(14)9(15)4-7/h2-4H,5-6H2,1H3,(H,16,17). The van der Waals surface area contributed by atoms with Crippen LogP contribution >= 0.6 is 31.9 Å². The van der Waals surface area contributed by atoms with Crippen molar-refractivity contribution in [2.45, 2.75) is 12.5 Å². The first-order valence-corrected chi connectivity index (χ1v) is 7.05. The van der Waals surface area contributed by atoms with Gasteiger partial charge in [0.1, 0.15) is 0 Å². The van der Waals surface area contributed by atoms with Crippen molar-refractivity contribution in [1.82, 2.24) is 5.32 Å². The Kier molecular flexibility index (Phi) is 5.06. The number of amides is 1. The van der Waals surface area contributed by atoms with E-state index in [2.05, 4.69) is 37.2 Å². The summed E-state index contributed by atoms with van der Waals surface area (Å²) in [6.45, 7) is 1.83. The van der Waals surface area contributed by atoms with E-state index in [4.69, 9.17) is 0 Å². The highest BCUT2D eigenvalue weighted by molar-refractivity contribution is 9.09. The predicted octanol–water partition coefficient (Wildman–Crippen LogP) is 3.24. The number of benzene rings is 1. The Labute approximate surface area is 115 Å². The fraction of sp³-hybridized carbons (Fsp3) is 0.364. The van der Waals surface area contributed by atoms with E-state index in [9.17, 15) is 13.6 Å². The van der Waals surface area contributed by atoms with Crippen molar-refractivity contribution < 1.29 is 13.6 Å². The van der Waals surface area contributed by atoms with Crippen LogP contribution in [0.1, 0.15) is 17.3 Å². The molecule has 0 aromatic heterocycles. The lowest BCUT2D eigenvalue weighted by molar-refractivity contribution is 0.0922. The lowest BCUT2D eigenvalue weighted by atomic mass is 10.1. The average molecular weight is 371 g/mol. The molecule has 0 spiro atoms. The SMILES string of the molecule is CC(CBr)(CBr)NC(=O)c1ccc(F)c(F)c1. The number of hydrogen-bond acceptors (Lipinski definition) is 1. The van der Waals surface area contributed by atoms with E-state index >= 15 is 0 Å². The van der Waals surface area contributed by atoms with Gasteiger partial charge in [-0.05, 0) is 25.1 Å². The van der Waals surface area contributed by atoms with Crippen LogP contribution in [0.25, 0.3) is 0 Å². The van der Waals surface area contributed by atoms with Gasteiger partial charge >= 0.3 is 0 Å². The van der Waals surface area contributed by atoms with Gasteiger partial charge in [-0.3, -0.25) is 4.79 Å². The molecule has 0 atom stereocenters. The number of carbonyl (C=O) groups is 1. The maximum atomic E-state index is 13.0. The summed E-state index contributed by atoms with van der Waals surface area (Å²) >= 11 is 6.56. The first kappa shape index (κ1) is 14.6. The van der Waals surface area contributed by atoms with Crippen LogP contribution in [0.15, 0.2) is 18.2 Å². The van der Waals surface area contributed by atoms with Gasteiger partial charge in [-0.1, -0.05) is 31.9 Å². The van der Waals surface area contributed by atoms with Gasteiger partial charge in [0, 0.05) is 16.2 Å². The van der Waals surface area contributed by atoms with Crippen LogP contribution < -0.4 is 5.32 Å². The Balaban J connectivity index is 2.86. The number of halogens is 4. The molecule has 0 saturated heterocycles.